The molecule has 4 aromatic carbocycles. The number of benzene rings is 4. The lowest BCUT2D eigenvalue weighted by atomic mass is 10.1. The van der Waals surface area contributed by atoms with Gasteiger partial charge in [-0.3, -0.25) is 14.2 Å². The fourth-order valence-corrected chi connectivity index (χ4v) is 6.19. The van der Waals surface area contributed by atoms with Crippen LogP contribution in [0.15, 0.2) is 115 Å². The zero-order valence-corrected chi connectivity index (χ0v) is 49.1. The molecular formula is C52H61Cl5IN4O9P. The van der Waals surface area contributed by atoms with Crippen LogP contribution < -0.4 is 4.73 Å². The number of alkyl halides is 2. The van der Waals surface area contributed by atoms with Crippen LogP contribution in [0.4, 0.5) is 0 Å². The largest absolute Gasteiger partial charge is 0.616 e. The minimum Gasteiger partial charge on any atom is -0.616 e. The van der Waals surface area contributed by atoms with Crippen LogP contribution in [-0.2, 0) is 24.5 Å². The van der Waals surface area contributed by atoms with E-state index in [0.29, 0.717) is 35.5 Å². The van der Waals surface area contributed by atoms with Crippen molar-refractivity contribution < 1.29 is 42.1 Å². The van der Waals surface area contributed by atoms with E-state index in [1.165, 1.54) is 25.0 Å². The average molecular weight is 1220 g/mol. The number of aldehydes is 1. The van der Waals surface area contributed by atoms with Gasteiger partial charge in [0.15, 0.2) is 11.5 Å². The van der Waals surface area contributed by atoms with Crippen molar-refractivity contribution in [3.8, 4) is 34.4 Å². The van der Waals surface area contributed by atoms with E-state index in [1.54, 1.807) is 26.8 Å². The van der Waals surface area contributed by atoms with Crippen molar-refractivity contribution in [2.45, 2.75) is 99.8 Å². The van der Waals surface area contributed by atoms with Crippen molar-refractivity contribution in [1.82, 2.24) is 9.97 Å². The standard InChI is InChI=1S/C12H12ClNO.C12H12INO.C12H13NO2.C8H8O.C4H7NO2.C4H8O.Cl3OP.ClH/c2*1-8-4-3-5-10(6-8)12-14-11(7-13)9(2)15-12;1-8-5-4-6-11(7-8)12-13(14)9(2)10(3)15-12;1-7-3-2-4-8(5-7)6-9;1-3(5-7)4(2)6;1-3-4(2)5;1-5(2,3)4;/h2*3-6H,7H2,1-2H3;4-7H,1-3H3;2-6H,1H3;7H,1-2H3;3H2,1-2H3;;1H/b;;;;5-3+;;;. The lowest BCUT2D eigenvalue weighted by Gasteiger charge is -1.98. The molecule has 0 bridgehead atoms. The third-order valence-corrected chi connectivity index (χ3v) is 10.4. The quantitative estimate of drug-likeness (QED) is 0.0175. The van der Waals surface area contributed by atoms with E-state index in [1.807, 2.05) is 120 Å². The van der Waals surface area contributed by atoms with E-state index in [9.17, 15) is 24.2 Å². The first-order valence-corrected chi connectivity index (χ1v) is 28.1. The van der Waals surface area contributed by atoms with Gasteiger partial charge < -0.3 is 28.5 Å². The van der Waals surface area contributed by atoms with Crippen LogP contribution in [0.5, 0.6) is 0 Å². The van der Waals surface area contributed by atoms with Crippen LogP contribution in [-0.4, -0.2) is 38.7 Å². The molecule has 0 aliphatic rings. The molecule has 0 saturated heterocycles. The van der Waals surface area contributed by atoms with E-state index in [0.717, 1.165) is 77.6 Å². The van der Waals surface area contributed by atoms with Crippen LogP contribution in [0.2, 0.25) is 0 Å². The number of aromatic nitrogens is 3. The van der Waals surface area contributed by atoms with E-state index < -0.39 is 5.20 Å². The van der Waals surface area contributed by atoms with Gasteiger partial charge in [0.05, 0.1) is 22.8 Å². The number of halogens is 6. The third-order valence-electron chi connectivity index (χ3n) is 9.42. The van der Waals surface area contributed by atoms with Gasteiger partial charge in [-0.1, -0.05) is 112 Å². The van der Waals surface area contributed by atoms with Crippen molar-refractivity contribution in [3.05, 3.63) is 164 Å². The second-order valence-electron chi connectivity index (χ2n) is 15.5. The van der Waals surface area contributed by atoms with E-state index >= 15 is 0 Å². The second-order valence-corrected chi connectivity index (χ2v) is 23.2. The molecule has 1 N–H and O–H groups in total. The van der Waals surface area contributed by atoms with E-state index in [4.69, 9.17) is 30.1 Å². The average Bonchev–Trinajstić information content (AvgIpc) is 3.98. The number of carbonyl (C=O) groups excluding carboxylic acids is 3. The number of oxime groups is 1. The van der Waals surface area contributed by atoms with Gasteiger partial charge in [0.1, 0.15) is 29.3 Å². The van der Waals surface area contributed by atoms with Crippen molar-refractivity contribution in [3.63, 3.8) is 0 Å². The topological polar surface area (TPSA) is 193 Å². The lowest BCUT2D eigenvalue weighted by molar-refractivity contribution is -0.602. The third kappa shape index (κ3) is 26.2. The van der Waals surface area contributed by atoms with Gasteiger partial charge in [0.25, 0.3) is 0 Å². The molecule has 13 nitrogen and oxygen atoms in total. The second kappa shape index (κ2) is 34.6. The smallest absolute Gasteiger partial charge is 0.392 e. The number of Topliss-reactive ketones (excluding diaryl/α,β-unsaturated/α-hetero) is 2. The molecule has 3 aromatic heterocycles. The van der Waals surface area contributed by atoms with E-state index in [-0.39, 0.29) is 29.7 Å². The van der Waals surface area contributed by atoms with Gasteiger partial charge in [-0.25, -0.2) is 9.97 Å². The SMILES string of the molecule is CC(=O)/C(C)=N/O.CCC(C)=O.Cc1cccc(-c2nc(CCl)c(C)o2)c1.Cc1cccc(-c2nc(CI)c(C)o2)c1.Cc1cccc(-c2oc(C)c(C)[n+]2[O-])c1.Cc1cccc(C=O)c1.Cl.O=P(Cl)(Cl)Cl. The van der Waals surface area contributed by atoms with Crippen LogP contribution in [0.1, 0.15) is 101 Å². The van der Waals surface area contributed by atoms with Gasteiger partial charge in [-0.2, -0.15) is 0 Å². The molecule has 3 heterocycles. The Hall–Kier alpha value is -4.80. The number of ketones is 2. The zero-order chi connectivity index (χ0) is 54.0. The Bertz CT molecular complexity index is 2780. The van der Waals surface area contributed by atoms with Crippen LogP contribution in [0.25, 0.3) is 34.4 Å². The molecule has 7 rings (SSSR count). The number of aryl methyl sites for hydroxylation is 7. The molecule has 72 heavy (non-hydrogen) atoms. The number of hydrogen-bond donors (Lipinski definition) is 1. The molecule has 0 atom stereocenters. The van der Waals surface area contributed by atoms with Crippen LogP contribution in [0, 0.1) is 60.6 Å². The Balaban J connectivity index is 0.000000850. The van der Waals surface area contributed by atoms with Crippen LogP contribution >= 0.6 is 85.5 Å². The van der Waals surface area contributed by atoms with Crippen molar-refractivity contribution in [1.29, 1.82) is 0 Å². The highest BCUT2D eigenvalue weighted by Crippen LogP contribution is 2.61. The fraction of sp³-hybridized carbons (Fsp3) is 0.288. The molecule has 0 amide bonds. The normalized spacial score (nSPS) is 10.2. The number of hydrogen-bond acceptors (Lipinski definition) is 12. The van der Waals surface area contributed by atoms with Gasteiger partial charge in [-0.05, 0) is 132 Å². The molecule has 0 saturated carbocycles. The predicted molar refractivity (Wildman–Crippen MR) is 303 cm³/mol. The first-order valence-electron chi connectivity index (χ1n) is 21.6. The molecule has 0 fully saturated rings. The molecule has 7 aromatic rings. The summed E-state index contributed by atoms with van der Waals surface area (Å²) in [6.07, 6.45) is 1.52. The number of carbonyl (C=O) groups is 3. The maximum absolute atomic E-state index is 11.7. The maximum Gasteiger partial charge on any atom is 0.392 e. The summed E-state index contributed by atoms with van der Waals surface area (Å²) in [6.45, 7) is 21.7. The summed E-state index contributed by atoms with van der Waals surface area (Å²) >= 11 is 21.9. The van der Waals surface area contributed by atoms with Gasteiger partial charge in [0, 0.05) is 48.3 Å². The van der Waals surface area contributed by atoms with Crippen molar-refractivity contribution >= 4 is 109 Å². The van der Waals surface area contributed by atoms with Crippen molar-refractivity contribution in [2.75, 3.05) is 0 Å². The molecular weight excluding hydrogens is 1160 g/mol. The van der Waals surface area contributed by atoms with Gasteiger partial charge >= 0.3 is 11.1 Å². The fourth-order valence-electron chi connectivity index (χ4n) is 5.23. The number of oxazole rings is 3. The maximum atomic E-state index is 11.7. The molecule has 0 unspecified atom stereocenters. The Morgan fingerprint density at radius 1 is 0.708 bits per heavy atom. The van der Waals surface area contributed by atoms with Gasteiger partial charge in [-0.15, -0.1) is 28.7 Å². The van der Waals surface area contributed by atoms with Crippen LogP contribution in [0.3, 0.4) is 0 Å². The minimum absolute atomic E-state index is 0. The Kier molecular flexibility index (Phi) is 32.3. The number of nitrogens with zero attached hydrogens (tertiary/aromatic N) is 4. The Morgan fingerprint density at radius 2 is 1.10 bits per heavy atom. The highest BCUT2D eigenvalue weighted by Gasteiger charge is 2.20. The molecule has 20 heteroatoms. The summed E-state index contributed by atoms with van der Waals surface area (Å²) < 4.78 is 27.9. The summed E-state index contributed by atoms with van der Waals surface area (Å²) in [7, 11) is 0. The molecule has 0 radical (unpaired) electrons. The highest BCUT2D eigenvalue weighted by atomic mass is 127. The highest BCUT2D eigenvalue weighted by molar-refractivity contribution is 14.1. The monoisotopic (exact) mass is 1220 g/mol. The van der Waals surface area contributed by atoms with Gasteiger partial charge in [0.2, 0.25) is 17.5 Å². The molecule has 0 aliphatic carbocycles. The molecule has 390 valence electrons. The molecule has 0 spiro atoms. The summed E-state index contributed by atoms with van der Waals surface area (Å²) in [5.41, 5.74) is 10.9. The van der Waals surface area contributed by atoms with Crippen molar-refractivity contribution in [2.24, 2.45) is 5.16 Å². The lowest BCUT2D eigenvalue weighted by Crippen LogP contribution is -2.29. The predicted octanol–water partition coefficient (Wildman–Crippen LogP) is 16.5. The molecule has 0 aliphatic heterocycles. The summed E-state index contributed by atoms with van der Waals surface area (Å²) in [6, 6.07) is 31.5. The minimum atomic E-state index is -3.22. The first kappa shape index (κ1) is 67.2. The summed E-state index contributed by atoms with van der Waals surface area (Å²) in [4.78, 5) is 38.9. The Morgan fingerprint density at radius 3 is 1.38 bits per heavy atom. The number of rotatable bonds is 8. The first-order chi connectivity index (χ1) is 33.3. The summed E-state index contributed by atoms with van der Waals surface area (Å²) in [5.74, 6) is 4.56. The zero-order valence-electron chi connectivity index (χ0n) is 42.2. The van der Waals surface area contributed by atoms with E-state index in [2.05, 4.69) is 90.5 Å². The summed E-state index contributed by atoms with van der Waals surface area (Å²) in [5, 5.41) is 19.0. The Labute approximate surface area is 461 Å².